The Bertz CT molecular complexity index is 723. The van der Waals surface area contributed by atoms with Crippen LogP contribution in [0.3, 0.4) is 0 Å². The lowest BCUT2D eigenvalue weighted by Crippen LogP contribution is -2.28. The van der Waals surface area contributed by atoms with Gasteiger partial charge in [-0.2, -0.15) is 0 Å². The maximum absolute atomic E-state index is 14.1. The molecule has 0 aliphatic carbocycles. The molecule has 1 amide bonds. The summed E-state index contributed by atoms with van der Waals surface area (Å²) in [6, 6.07) is 2.45. The number of ether oxygens (including phenoxy) is 2. The lowest BCUT2D eigenvalue weighted by atomic mass is 9.99. The van der Waals surface area contributed by atoms with Crippen molar-refractivity contribution in [3.63, 3.8) is 0 Å². The predicted molar refractivity (Wildman–Crippen MR) is 86.2 cm³/mol. The van der Waals surface area contributed by atoms with Crippen LogP contribution in [0.5, 0.6) is 11.5 Å². The van der Waals surface area contributed by atoms with Crippen LogP contribution in [0.2, 0.25) is 0 Å². The van der Waals surface area contributed by atoms with Crippen LogP contribution in [0.25, 0.3) is 0 Å². The van der Waals surface area contributed by atoms with Crippen molar-refractivity contribution in [2.45, 2.75) is 26.7 Å². The van der Waals surface area contributed by atoms with E-state index in [0.717, 1.165) is 17.3 Å². The summed E-state index contributed by atoms with van der Waals surface area (Å²) in [7, 11) is 2.83. The van der Waals surface area contributed by atoms with Crippen molar-refractivity contribution < 1.29 is 23.2 Å². The third kappa shape index (κ3) is 3.50. The molecule has 1 atom stereocenters. The van der Waals surface area contributed by atoms with E-state index in [1.54, 1.807) is 0 Å². The molecule has 6 nitrogen and oxygen atoms in total. The number of benzene rings is 1. The van der Waals surface area contributed by atoms with Crippen molar-refractivity contribution in [1.29, 1.82) is 0 Å². The summed E-state index contributed by atoms with van der Waals surface area (Å²) in [5.74, 6) is 0.0376. The van der Waals surface area contributed by atoms with Crippen LogP contribution >= 0.6 is 0 Å². The first-order chi connectivity index (χ1) is 11.4. The van der Waals surface area contributed by atoms with Crippen molar-refractivity contribution in [3.8, 4) is 11.5 Å². The molecule has 1 aromatic carbocycles. The molecule has 0 aliphatic rings. The van der Waals surface area contributed by atoms with E-state index in [1.165, 1.54) is 20.3 Å². The summed E-state index contributed by atoms with van der Waals surface area (Å²) in [6.45, 7) is 5.94. The Morgan fingerprint density at radius 3 is 2.46 bits per heavy atom. The Hall–Kier alpha value is -2.57. The van der Waals surface area contributed by atoms with E-state index >= 15 is 0 Å². The number of nitrogens with zero attached hydrogens (tertiary/aromatic N) is 1. The van der Waals surface area contributed by atoms with Gasteiger partial charge in [0.2, 0.25) is 0 Å². The fourth-order valence-corrected chi connectivity index (χ4v) is 2.66. The van der Waals surface area contributed by atoms with Gasteiger partial charge in [0, 0.05) is 24.1 Å². The Balaban J connectivity index is 2.13. The molecule has 24 heavy (non-hydrogen) atoms. The quantitative estimate of drug-likeness (QED) is 0.878. The van der Waals surface area contributed by atoms with Gasteiger partial charge in [0.1, 0.15) is 11.6 Å². The van der Waals surface area contributed by atoms with Crippen LogP contribution in [-0.4, -0.2) is 31.8 Å². The summed E-state index contributed by atoms with van der Waals surface area (Å²) < 4.78 is 29.4. The van der Waals surface area contributed by atoms with Gasteiger partial charge < -0.3 is 19.3 Å². The molecule has 0 fully saturated rings. The highest BCUT2D eigenvalue weighted by molar-refractivity contribution is 5.95. The molecule has 0 bridgehead atoms. The van der Waals surface area contributed by atoms with Gasteiger partial charge in [-0.1, -0.05) is 12.1 Å². The maximum Gasteiger partial charge on any atom is 0.254 e. The Morgan fingerprint density at radius 2 is 1.92 bits per heavy atom. The zero-order chi connectivity index (χ0) is 17.9. The minimum atomic E-state index is -0.671. The summed E-state index contributed by atoms with van der Waals surface area (Å²) in [5.41, 5.74) is 1.63. The van der Waals surface area contributed by atoms with Gasteiger partial charge in [0.05, 0.1) is 25.5 Å². The number of aromatic nitrogens is 1. The molecule has 130 valence electrons. The van der Waals surface area contributed by atoms with Crippen molar-refractivity contribution in [1.82, 2.24) is 10.5 Å². The normalized spacial score (nSPS) is 11.9. The highest BCUT2D eigenvalue weighted by Gasteiger charge is 2.20. The second kappa shape index (κ2) is 7.33. The number of halogens is 1. The molecule has 7 heteroatoms. The number of amides is 1. The predicted octanol–water partition coefficient (Wildman–Crippen LogP) is 2.98. The minimum absolute atomic E-state index is 0.0107. The fourth-order valence-electron chi connectivity index (χ4n) is 2.66. The number of hydrogen-bond donors (Lipinski definition) is 1. The maximum atomic E-state index is 14.1. The van der Waals surface area contributed by atoms with Crippen molar-refractivity contribution in [3.05, 3.63) is 40.5 Å². The van der Waals surface area contributed by atoms with Crippen LogP contribution in [0, 0.1) is 19.7 Å². The number of carbonyl (C=O) groups excluding carboxylic acids is 1. The first-order valence-electron chi connectivity index (χ1n) is 7.51. The van der Waals surface area contributed by atoms with E-state index in [-0.39, 0.29) is 17.2 Å². The van der Waals surface area contributed by atoms with Gasteiger partial charge >= 0.3 is 0 Å². The lowest BCUT2D eigenvalue weighted by molar-refractivity contribution is 0.0947. The summed E-state index contributed by atoms with van der Waals surface area (Å²) in [4.78, 5) is 12.3. The van der Waals surface area contributed by atoms with E-state index in [0.29, 0.717) is 18.1 Å². The number of nitrogens with one attached hydrogen (secondary N) is 1. The monoisotopic (exact) mass is 336 g/mol. The Morgan fingerprint density at radius 1 is 1.29 bits per heavy atom. The molecular formula is C17H21FN2O4. The summed E-state index contributed by atoms with van der Waals surface area (Å²) >= 11 is 0. The second-order valence-electron chi connectivity index (χ2n) is 5.54. The van der Waals surface area contributed by atoms with E-state index in [4.69, 9.17) is 14.0 Å². The third-order valence-corrected chi connectivity index (χ3v) is 3.87. The zero-order valence-corrected chi connectivity index (χ0v) is 14.4. The molecule has 2 rings (SSSR count). The molecular weight excluding hydrogens is 315 g/mol. The molecule has 0 saturated heterocycles. The van der Waals surface area contributed by atoms with E-state index in [9.17, 15) is 9.18 Å². The molecule has 0 aliphatic heterocycles. The first-order valence-corrected chi connectivity index (χ1v) is 7.51. The van der Waals surface area contributed by atoms with E-state index < -0.39 is 11.7 Å². The van der Waals surface area contributed by atoms with Crippen molar-refractivity contribution in [2.24, 2.45) is 0 Å². The molecule has 0 unspecified atom stereocenters. The van der Waals surface area contributed by atoms with Gasteiger partial charge in [-0.15, -0.1) is 0 Å². The molecule has 0 spiro atoms. The zero-order valence-electron chi connectivity index (χ0n) is 14.4. The molecule has 1 heterocycles. The molecule has 1 aromatic heterocycles. The van der Waals surface area contributed by atoms with Gasteiger partial charge in [-0.25, -0.2) is 4.39 Å². The lowest BCUT2D eigenvalue weighted by Gasteiger charge is -2.14. The average molecular weight is 336 g/mol. The number of aryl methyl sites for hydroxylation is 2. The van der Waals surface area contributed by atoms with Gasteiger partial charge in [-0.3, -0.25) is 4.79 Å². The second-order valence-corrected chi connectivity index (χ2v) is 5.54. The van der Waals surface area contributed by atoms with Crippen molar-refractivity contribution in [2.75, 3.05) is 20.8 Å². The number of methoxy groups -OCH3 is 2. The Labute approximate surface area is 139 Å². The van der Waals surface area contributed by atoms with Crippen LogP contribution in [-0.2, 0) is 0 Å². The van der Waals surface area contributed by atoms with Gasteiger partial charge in [0.25, 0.3) is 5.91 Å². The van der Waals surface area contributed by atoms with Crippen LogP contribution in [0.15, 0.2) is 16.7 Å². The molecule has 2 aromatic rings. The molecule has 0 saturated carbocycles. The summed E-state index contributed by atoms with van der Waals surface area (Å²) in [5, 5.41) is 6.63. The standard InChI is InChI=1S/C17H21FN2O4/c1-9(16-10(2)20-24-11(16)3)8-19-17(21)12-6-14(22-4)15(23-5)7-13(12)18/h6-7,9H,8H2,1-5H3,(H,19,21)/t9-/m0/s1. The Kier molecular flexibility index (Phi) is 5.43. The van der Waals surface area contributed by atoms with Gasteiger partial charge in [-0.05, 0) is 19.9 Å². The first kappa shape index (κ1) is 17.8. The highest BCUT2D eigenvalue weighted by atomic mass is 19.1. The number of hydrogen-bond acceptors (Lipinski definition) is 5. The van der Waals surface area contributed by atoms with E-state index in [2.05, 4.69) is 10.5 Å². The SMILES string of the molecule is COc1cc(F)c(C(=O)NC[C@H](C)c2c(C)noc2C)cc1OC. The van der Waals surface area contributed by atoms with Crippen LogP contribution < -0.4 is 14.8 Å². The number of rotatable bonds is 6. The third-order valence-electron chi connectivity index (χ3n) is 3.87. The minimum Gasteiger partial charge on any atom is -0.493 e. The number of carbonyl (C=O) groups is 1. The van der Waals surface area contributed by atoms with Crippen LogP contribution in [0.1, 0.15) is 40.2 Å². The topological polar surface area (TPSA) is 73.6 Å². The van der Waals surface area contributed by atoms with Crippen molar-refractivity contribution >= 4 is 5.91 Å². The average Bonchev–Trinajstić information content (AvgIpc) is 2.90. The van der Waals surface area contributed by atoms with E-state index in [1.807, 2.05) is 20.8 Å². The summed E-state index contributed by atoms with van der Waals surface area (Å²) in [6.07, 6.45) is 0. The highest BCUT2D eigenvalue weighted by Crippen LogP contribution is 2.30. The largest absolute Gasteiger partial charge is 0.493 e. The molecule has 0 radical (unpaired) electrons. The van der Waals surface area contributed by atoms with Crippen LogP contribution in [0.4, 0.5) is 4.39 Å². The molecule has 1 N–H and O–H groups in total. The van der Waals surface area contributed by atoms with Gasteiger partial charge in [0.15, 0.2) is 11.5 Å². The smallest absolute Gasteiger partial charge is 0.254 e. The fraction of sp³-hybridized carbons (Fsp3) is 0.412.